The lowest BCUT2D eigenvalue weighted by atomic mass is 10.1. The quantitative estimate of drug-likeness (QED) is 0.650. The summed E-state index contributed by atoms with van der Waals surface area (Å²) in [6, 6.07) is 12.8. The first-order valence-corrected chi connectivity index (χ1v) is 9.17. The van der Waals surface area contributed by atoms with Crippen LogP contribution >= 0.6 is 0 Å². The van der Waals surface area contributed by atoms with E-state index >= 15 is 0 Å². The summed E-state index contributed by atoms with van der Waals surface area (Å²) in [4.78, 5) is 48.1. The Hall–Kier alpha value is -3.68. The maximum atomic E-state index is 12.4. The molecule has 29 heavy (non-hydrogen) atoms. The van der Waals surface area contributed by atoms with Crippen LogP contribution in [0.1, 0.15) is 39.1 Å². The zero-order chi connectivity index (χ0) is 20.8. The van der Waals surface area contributed by atoms with Gasteiger partial charge < -0.3 is 15.4 Å². The molecule has 8 nitrogen and oxygen atoms in total. The second-order valence-corrected chi connectivity index (χ2v) is 6.74. The molecule has 4 amide bonds. The molecule has 1 fully saturated rings. The van der Waals surface area contributed by atoms with Gasteiger partial charge in [0.15, 0.2) is 6.61 Å². The highest BCUT2D eigenvalue weighted by Crippen LogP contribution is 2.19. The molecule has 0 atom stereocenters. The lowest BCUT2D eigenvalue weighted by Crippen LogP contribution is -2.42. The topological polar surface area (TPSA) is 114 Å². The minimum Gasteiger partial charge on any atom is -0.452 e. The first-order valence-electron chi connectivity index (χ1n) is 9.17. The maximum Gasteiger partial charge on any atom is 0.340 e. The molecule has 1 saturated carbocycles. The Bertz CT molecular complexity index is 953. The lowest BCUT2D eigenvalue weighted by Gasteiger charge is -2.11. The van der Waals surface area contributed by atoms with Gasteiger partial charge in [0.25, 0.3) is 11.8 Å². The van der Waals surface area contributed by atoms with Crippen molar-refractivity contribution in [3.05, 3.63) is 65.2 Å². The van der Waals surface area contributed by atoms with Gasteiger partial charge in [-0.05, 0) is 44.0 Å². The Morgan fingerprint density at radius 3 is 2.52 bits per heavy atom. The number of amides is 4. The zero-order valence-electron chi connectivity index (χ0n) is 15.9. The Morgan fingerprint density at radius 1 is 1.03 bits per heavy atom. The summed E-state index contributed by atoms with van der Waals surface area (Å²) in [5, 5.41) is 7.37. The van der Waals surface area contributed by atoms with Gasteiger partial charge in [0.05, 0.1) is 11.3 Å². The molecule has 0 aliphatic heterocycles. The second kappa shape index (κ2) is 9.01. The lowest BCUT2D eigenvalue weighted by molar-refractivity contribution is -0.123. The largest absolute Gasteiger partial charge is 0.452 e. The van der Waals surface area contributed by atoms with Crippen molar-refractivity contribution >= 4 is 29.5 Å². The summed E-state index contributed by atoms with van der Waals surface area (Å²) in [6.45, 7) is 1.26. The van der Waals surface area contributed by atoms with Crippen LogP contribution in [0.25, 0.3) is 0 Å². The van der Waals surface area contributed by atoms with Crippen molar-refractivity contribution in [2.75, 3.05) is 11.9 Å². The number of benzene rings is 2. The Balaban J connectivity index is 1.58. The molecule has 0 bridgehead atoms. The van der Waals surface area contributed by atoms with Crippen LogP contribution in [0.5, 0.6) is 0 Å². The van der Waals surface area contributed by atoms with Crippen molar-refractivity contribution in [1.29, 1.82) is 0 Å². The molecule has 0 saturated heterocycles. The molecule has 3 N–H and O–H groups in total. The van der Waals surface area contributed by atoms with Crippen molar-refractivity contribution in [3.63, 3.8) is 0 Å². The summed E-state index contributed by atoms with van der Waals surface area (Å²) >= 11 is 0. The van der Waals surface area contributed by atoms with E-state index in [1.165, 1.54) is 6.07 Å². The van der Waals surface area contributed by atoms with E-state index < -0.39 is 24.5 Å². The molecule has 0 spiro atoms. The molecule has 3 rings (SSSR count). The van der Waals surface area contributed by atoms with E-state index in [1.807, 2.05) is 13.0 Å². The number of anilines is 1. The molecule has 0 radical (unpaired) electrons. The normalized spacial score (nSPS) is 12.6. The molecule has 2 aromatic carbocycles. The van der Waals surface area contributed by atoms with Gasteiger partial charge in [0, 0.05) is 11.6 Å². The van der Waals surface area contributed by atoms with Gasteiger partial charge in [0.1, 0.15) is 0 Å². The smallest absolute Gasteiger partial charge is 0.340 e. The number of nitrogens with one attached hydrogen (secondary N) is 3. The molecular formula is C21H21N3O5. The van der Waals surface area contributed by atoms with E-state index in [4.69, 9.17) is 4.74 Å². The van der Waals surface area contributed by atoms with Gasteiger partial charge >= 0.3 is 12.0 Å². The van der Waals surface area contributed by atoms with Gasteiger partial charge in [-0.25, -0.2) is 9.59 Å². The summed E-state index contributed by atoms with van der Waals surface area (Å²) in [5.41, 5.74) is 1.75. The first kappa shape index (κ1) is 20.1. The van der Waals surface area contributed by atoms with Crippen molar-refractivity contribution in [2.24, 2.45) is 0 Å². The number of ether oxygens (including phenoxy) is 1. The highest BCUT2D eigenvalue weighted by atomic mass is 16.5. The van der Waals surface area contributed by atoms with Crippen LogP contribution in [0.2, 0.25) is 0 Å². The number of hydrogen-bond donors (Lipinski definition) is 3. The van der Waals surface area contributed by atoms with Crippen LogP contribution in [0.3, 0.4) is 0 Å². The average Bonchev–Trinajstić information content (AvgIpc) is 3.50. The number of carbonyl (C=O) groups excluding carboxylic acids is 4. The number of imide groups is 1. The van der Waals surface area contributed by atoms with Crippen molar-refractivity contribution in [3.8, 4) is 0 Å². The second-order valence-electron chi connectivity index (χ2n) is 6.74. The summed E-state index contributed by atoms with van der Waals surface area (Å²) < 4.78 is 4.98. The first-order chi connectivity index (χ1) is 13.9. The van der Waals surface area contributed by atoms with E-state index in [-0.39, 0.29) is 23.2 Å². The number of aryl methyl sites for hydroxylation is 1. The van der Waals surface area contributed by atoms with Crippen molar-refractivity contribution in [2.45, 2.75) is 25.8 Å². The highest BCUT2D eigenvalue weighted by molar-refractivity contribution is 6.08. The number of rotatable bonds is 6. The molecule has 8 heteroatoms. The van der Waals surface area contributed by atoms with E-state index in [0.29, 0.717) is 5.56 Å². The fourth-order valence-corrected chi connectivity index (χ4v) is 2.57. The molecule has 1 aliphatic carbocycles. The number of carbonyl (C=O) groups is 4. The standard InChI is InChI=1S/C21H21N3O5/c1-13-5-4-6-14(11-13)19(26)23-17-8-3-2-7-16(17)20(27)29-12-18(25)24-21(28)22-15-9-10-15/h2-8,11,15H,9-10,12H2,1H3,(H,23,26)(H2,22,24,25,28). The third-order valence-corrected chi connectivity index (χ3v) is 4.18. The summed E-state index contributed by atoms with van der Waals surface area (Å²) in [5.74, 6) is -1.90. The predicted octanol–water partition coefficient (Wildman–Crippen LogP) is 2.39. The van der Waals surface area contributed by atoms with E-state index in [1.54, 1.807) is 36.4 Å². The van der Waals surface area contributed by atoms with Gasteiger partial charge in [-0.2, -0.15) is 0 Å². The Morgan fingerprint density at radius 2 is 1.79 bits per heavy atom. The van der Waals surface area contributed by atoms with Gasteiger partial charge in [0.2, 0.25) is 0 Å². The average molecular weight is 395 g/mol. The van der Waals surface area contributed by atoms with Crippen molar-refractivity contribution < 1.29 is 23.9 Å². The zero-order valence-corrected chi connectivity index (χ0v) is 15.9. The van der Waals surface area contributed by atoms with Crippen LogP contribution in [0, 0.1) is 6.92 Å². The van der Waals surface area contributed by atoms with E-state index in [2.05, 4.69) is 16.0 Å². The van der Waals surface area contributed by atoms with Gasteiger partial charge in [-0.15, -0.1) is 0 Å². The fourth-order valence-electron chi connectivity index (χ4n) is 2.57. The van der Waals surface area contributed by atoms with Gasteiger partial charge in [-0.3, -0.25) is 14.9 Å². The van der Waals surface area contributed by atoms with Crippen LogP contribution in [0.4, 0.5) is 10.5 Å². The summed E-state index contributed by atoms with van der Waals surface area (Å²) in [6.07, 6.45) is 1.78. The maximum absolute atomic E-state index is 12.4. The molecular weight excluding hydrogens is 374 g/mol. The number of hydrogen-bond acceptors (Lipinski definition) is 5. The van der Waals surface area contributed by atoms with Crippen LogP contribution in [-0.4, -0.2) is 36.5 Å². The third kappa shape index (κ3) is 5.90. The molecule has 1 aliphatic rings. The van der Waals surface area contributed by atoms with E-state index in [9.17, 15) is 19.2 Å². The van der Waals surface area contributed by atoms with Crippen LogP contribution in [0.15, 0.2) is 48.5 Å². The number of para-hydroxylation sites is 1. The number of esters is 1. The minimum absolute atomic E-state index is 0.101. The van der Waals surface area contributed by atoms with Gasteiger partial charge in [-0.1, -0.05) is 29.8 Å². The minimum atomic E-state index is -0.789. The summed E-state index contributed by atoms with van der Waals surface area (Å²) in [7, 11) is 0. The van der Waals surface area contributed by atoms with Crippen LogP contribution in [-0.2, 0) is 9.53 Å². The highest BCUT2D eigenvalue weighted by Gasteiger charge is 2.24. The Kier molecular flexibility index (Phi) is 6.23. The molecule has 0 unspecified atom stereocenters. The van der Waals surface area contributed by atoms with Crippen molar-refractivity contribution in [1.82, 2.24) is 10.6 Å². The molecule has 0 aromatic heterocycles. The SMILES string of the molecule is Cc1cccc(C(=O)Nc2ccccc2C(=O)OCC(=O)NC(=O)NC2CC2)c1. The monoisotopic (exact) mass is 395 g/mol. The molecule has 0 heterocycles. The molecule has 150 valence electrons. The Labute approximate surface area is 167 Å². The fraction of sp³-hybridized carbons (Fsp3) is 0.238. The van der Waals surface area contributed by atoms with E-state index in [0.717, 1.165) is 18.4 Å². The van der Waals surface area contributed by atoms with Crippen LogP contribution < -0.4 is 16.0 Å². The third-order valence-electron chi connectivity index (χ3n) is 4.18. The predicted molar refractivity (Wildman–Crippen MR) is 106 cm³/mol. The molecule has 2 aromatic rings. The number of urea groups is 1.